The normalized spacial score (nSPS) is 10.4. The quantitative estimate of drug-likeness (QED) is 0.706. The number of hydrogen-bond acceptors (Lipinski definition) is 5. The molecule has 0 fully saturated rings. The standard InChI is InChI=1S/C18H23N3O4/c1-24-13-11-21(18(23)15-7-12-25-14-15)10-6-17(22)20-9-5-16-4-2-3-8-19-16/h2-4,7-8,12,14H,5-6,9-11,13H2,1H3,(H,20,22). The van der Waals surface area contributed by atoms with Crippen LogP contribution in [-0.2, 0) is 16.0 Å². The van der Waals surface area contributed by atoms with Crippen LogP contribution < -0.4 is 5.32 Å². The lowest BCUT2D eigenvalue weighted by molar-refractivity contribution is -0.121. The second-order valence-electron chi connectivity index (χ2n) is 5.47. The molecular formula is C18H23N3O4. The zero-order valence-corrected chi connectivity index (χ0v) is 14.3. The van der Waals surface area contributed by atoms with Gasteiger partial charge in [-0.1, -0.05) is 6.07 Å². The van der Waals surface area contributed by atoms with Crippen LogP contribution >= 0.6 is 0 Å². The molecule has 25 heavy (non-hydrogen) atoms. The van der Waals surface area contributed by atoms with Gasteiger partial charge in [0.25, 0.3) is 5.91 Å². The van der Waals surface area contributed by atoms with Gasteiger partial charge in [-0.05, 0) is 18.2 Å². The molecule has 0 bridgehead atoms. The second-order valence-corrected chi connectivity index (χ2v) is 5.47. The maximum Gasteiger partial charge on any atom is 0.257 e. The number of ether oxygens (including phenoxy) is 1. The fourth-order valence-electron chi connectivity index (χ4n) is 2.29. The van der Waals surface area contributed by atoms with E-state index >= 15 is 0 Å². The highest BCUT2D eigenvalue weighted by Gasteiger charge is 2.17. The number of furan rings is 1. The summed E-state index contributed by atoms with van der Waals surface area (Å²) in [6.45, 7) is 1.67. The van der Waals surface area contributed by atoms with Crippen molar-refractivity contribution in [3.63, 3.8) is 0 Å². The van der Waals surface area contributed by atoms with Gasteiger partial charge in [0.1, 0.15) is 6.26 Å². The first kappa shape index (κ1) is 18.7. The van der Waals surface area contributed by atoms with Gasteiger partial charge in [-0.3, -0.25) is 14.6 Å². The van der Waals surface area contributed by atoms with Gasteiger partial charge in [0, 0.05) is 51.5 Å². The van der Waals surface area contributed by atoms with Crippen molar-refractivity contribution in [2.45, 2.75) is 12.8 Å². The molecule has 0 saturated carbocycles. The first-order valence-electron chi connectivity index (χ1n) is 8.17. The fourth-order valence-corrected chi connectivity index (χ4v) is 2.29. The van der Waals surface area contributed by atoms with Crippen molar-refractivity contribution in [3.8, 4) is 0 Å². The molecule has 2 rings (SSSR count). The van der Waals surface area contributed by atoms with E-state index in [1.54, 1.807) is 24.3 Å². The highest BCUT2D eigenvalue weighted by molar-refractivity contribution is 5.94. The van der Waals surface area contributed by atoms with Crippen molar-refractivity contribution < 1.29 is 18.7 Å². The Kier molecular flexibility index (Phi) is 7.65. The molecule has 0 aliphatic rings. The van der Waals surface area contributed by atoms with Crippen molar-refractivity contribution in [3.05, 3.63) is 54.2 Å². The number of hydrogen-bond donors (Lipinski definition) is 1. The van der Waals surface area contributed by atoms with Crippen LogP contribution in [0.15, 0.2) is 47.4 Å². The van der Waals surface area contributed by atoms with E-state index in [1.807, 2.05) is 18.2 Å². The van der Waals surface area contributed by atoms with Crippen LogP contribution in [0, 0.1) is 0 Å². The maximum atomic E-state index is 12.4. The molecule has 1 N–H and O–H groups in total. The molecule has 2 aromatic heterocycles. The number of aromatic nitrogens is 1. The smallest absolute Gasteiger partial charge is 0.257 e. The van der Waals surface area contributed by atoms with E-state index in [9.17, 15) is 9.59 Å². The SMILES string of the molecule is COCCN(CCC(=O)NCCc1ccccn1)C(=O)c1ccoc1. The van der Waals surface area contributed by atoms with Gasteiger partial charge in [-0.2, -0.15) is 0 Å². The molecule has 0 radical (unpaired) electrons. The number of nitrogens with one attached hydrogen (secondary N) is 1. The molecule has 2 amide bonds. The molecule has 0 atom stereocenters. The minimum atomic E-state index is -0.174. The van der Waals surface area contributed by atoms with Crippen LogP contribution in [0.5, 0.6) is 0 Å². The summed E-state index contributed by atoms with van der Waals surface area (Å²) in [6, 6.07) is 7.30. The lowest BCUT2D eigenvalue weighted by Crippen LogP contribution is -2.37. The summed E-state index contributed by atoms with van der Waals surface area (Å²) in [5.41, 5.74) is 1.39. The zero-order valence-electron chi connectivity index (χ0n) is 14.3. The lowest BCUT2D eigenvalue weighted by Gasteiger charge is -2.21. The van der Waals surface area contributed by atoms with Gasteiger partial charge in [0.15, 0.2) is 0 Å². The number of carbonyl (C=O) groups is 2. The molecule has 0 aliphatic heterocycles. The van der Waals surface area contributed by atoms with Crippen LogP contribution in [0.2, 0.25) is 0 Å². The number of nitrogens with zero attached hydrogens (tertiary/aromatic N) is 2. The zero-order chi connectivity index (χ0) is 17.9. The second kappa shape index (κ2) is 10.2. The summed E-state index contributed by atoms with van der Waals surface area (Å²) in [6.07, 6.45) is 5.48. The van der Waals surface area contributed by atoms with Crippen LogP contribution in [-0.4, -0.2) is 55.0 Å². The van der Waals surface area contributed by atoms with Crippen molar-refractivity contribution in [1.29, 1.82) is 0 Å². The number of rotatable bonds is 10. The van der Waals surface area contributed by atoms with Crippen molar-refractivity contribution in [2.75, 3.05) is 33.4 Å². The van der Waals surface area contributed by atoms with E-state index in [4.69, 9.17) is 9.15 Å². The molecule has 0 unspecified atom stereocenters. The fraction of sp³-hybridized carbons (Fsp3) is 0.389. The Morgan fingerprint density at radius 1 is 1.28 bits per heavy atom. The molecule has 0 aromatic carbocycles. The predicted molar refractivity (Wildman–Crippen MR) is 92.1 cm³/mol. The highest BCUT2D eigenvalue weighted by Crippen LogP contribution is 2.06. The van der Waals surface area contributed by atoms with Crippen molar-refractivity contribution in [2.24, 2.45) is 0 Å². The van der Waals surface area contributed by atoms with E-state index in [1.165, 1.54) is 12.5 Å². The Morgan fingerprint density at radius 3 is 2.84 bits per heavy atom. The van der Waals surface area contributed by atoms with E-state index < -0.39 is 0 Å². The Labute approximate surface area is 147 Å². The van der Waals surface area contributed by atoms with E-state index in [0.29, 0.717) is 38.2 Å². The first-order valence-corrected chi connectivity index (χ1v) is 8.17. The van der Waals surface area contributed by atoms with Gasteiger partial charge in [-0.25, -0.2) is 0 Å². The number of pyridine rings is 1. The van der Waals surface area contributed by atoms with Crippen LogP contribution in [0.3, 0.4) is 0 Å². The molecule has 134 valence electrons. The van der Waals surface area contributed by atoms with Crippen molar-refractivity contribution in [1.82, 2.24) is 15.2 Å². The minimum absolute atomic E-state index is 0.0988. The summed E-state index contributed by atoms with van der Waals surface area (Å²) in [5, 5.41) is 2.85. The van der Waals surface area contributed by atoms with Crippen LogP contribution in [0.4, 0.5) is 0 Å². The average Bonchev–Trinajstić information content (AvgIpc) is 3.17. The molecule has 0 aliphatic carbocycles. The number of carbonyl (C=O) groups excluding carboxylic acids is 2. The molecule has 7 heteroatoms. The molecule has 0 spiro atoms. The predicted octanol–water partition coefficient (Wildman–Crippen LogP) is 1.51. The lowest BCUT2D eigenvalue weighted by atomic mass is 10.2. The van der Waals surface area contributed by atoms with Gasteiger partial charge in [0.05, 0.1) is 18.4 Å². The van der Waals surface area contributed by atoms with Crippen molar-refractivity contribution >= 4 is 11.8 Å². The Hall–Kier alpha value is -2.67. The number of methoxy groups -OCH3 is 1. The molecular weight excluding hydrogens is 322 g/mol. The van der Waals surface area contributed by atoms with Gasteiger partial charge in [-0.15, -0.1) is 0 Å². The van der Waals surface area contributed by atoms with E-state index in [-0.39, 0.29) is 18.2 Å². The maximum absolute atomic E-state index is 12.4. The largest absolute Gasteiger partial charge is 0.472 e. The third-order valence-corrected chi connectivity index (χ3v) is 3.66. The summed E-state index contributed by atoms with van der Waals surface area (Å²) < 4.78 is 9.98. The highest BCUT2D eigenvalue weighted by atomic mass is 16.5. The minimum Gasteiger partial charge on any atom is -0.472 e. The Morgan fingerprint density at radius 2 is 2.16 bits per heavy atom. The topological polar surface area (TPSA) is 84.7 Å². The third-order valence-electron chi connectivity index (χ3n) is 3.66. The average molecular weight is 345 g/mol. The summed E-state index contributed by atoms with van der Waals surface area (Å²) >= 11 is 0. The van der Waals surface area contributed by atoms with Gasteiger partial charge in [0.2, 0.25) is 5.91 Å². The molecule has 2 heterocycles. The summed E-state index contributed by atoms with van der Waals surface area (Å²) in [5.74, 6) is -0.273. The van der Waals surface area contributed by atoms with Gasteiger partial charge < -0.3 is 19.4 Å². The summed E-state index contributed by atoms with van der Waals surface area (Å²) in [4.78, 5) is 30.2. The molecule has 7 nitrogen and oxygen atoms in total. The molecule has 0 saturated heterocycles. The van der Waals surface area contributed by atoms with Crippen LogP contribution in [0.25, 0.3) is 0 Å². The third kappa shape index (κ3) is 6.39. The Balaban J connectivity index is 1.76. The first-order chi connectivity index (χ1) is 12.2. The van der Waals surface area contributed by atoms with Crippen LogP contribution in [0.1, 0.15) is 22.5 Å². The van der Waals surface area contributed by atoms with E-state index in [0.717, 1.165) is 5.69 Å². The van der Waals surface area contributed by atoms with E-state index in [2.05, 4.69) is 10.3 Å². The van der Waals surface area contributed by atoms with Gasteiger partial charge >= 0.3 is 0 Å². The molecule has 2 aromatic rings. The summed E-state index contributed by atoms with van der Waals surface area (Å²) in [7, 11) is 1.57. The Bertz CT molecular complexity index is 644. The number of amides is 2. The monoisotopic (exact) mass is 345 g/mol.